The van der Waals surface area contributed by atoms with Crippen LogP contribution in [0.25, 0.3) is 0 Å². The van der Waals surface area contributed by atoms with E-state index in [-0.39, 0.29) is 6.04 Å². The highest BCUT2D eigenvalue weighted by Crippen LogP contribution is 2.12. The second-order valence-corrected chi connectivity index (χ2v) is 3.48. The van der Waals surface area contributed by atoms with Gasteiger partial charge in [-0.05, 0) is 25.3 Å². The highest BCUT2D eigenvalue weighted by molar-refractivity contribution is 4.69. The summed E-state index contributed by atoms with van der Waals surface area (Å²) < 4.78 is 0. The highest BCUT2D eigenvalue weighted by Gasteiger charge is 2.09. The minimum Gasteiger partial charge on any atom is -0.330 e. The van der Waals surface area contributed by atoms with Gasteiger partial charge in [0.05, 0.1) is 0 Å². The Bertz CT molecular complexity index is 95.8. The molecule has 3 nitrogen and oxygen atoms in total. The molecule has 0 saturated heterocycles. The van der Waals surface area contributed by atoms with Crippen LogP contribution in [-0.4, -0.2) is 19.1 Å². The molecular formula is C9H23N3. The summed E-state index contributed by atoms with van der Waals surface area (Å²) in [5.74, 6) is 0.573. The summed E-state index contributed by atoms with van der Waals surface area (Å²) in [7, 11) is 0. The molecule has 0 rings (SSSR count). The molecule has 0 heterocycles. The van der Waals surface area contributed by atoms with Gasteiger partial charge in [0.1, 0.15) is 0 Å². The van der Waals surface area contributed by atoms with Crippen LogP contribution in [0.5, 0.6) is 0 Å². The number of nitrogens with two attached hydrogens (primary N) is 3. The maximum atomic E-state index is 5.74. The molecule has 2 unspecified atom stereocenters. The fraction of sp³-hybridized carbons (Fsp3) is 1.00. The van der Waals surface area contributed by atoms with Gasteiger partial charge in [-0.15, -0.1) is 0 Å². The molecule has 0 radical (unpaired) electrons. The van der Waals surface area contributed by atoms with Crippen molar-refractivity contribution in [2.45, 2.75) is 38.6 Å². The highest BCUT2D eigenvalue weighted by atomic mass is 14.7. The van der Waals surface area contributed by atoms with Crippen LogP contribution in [0.15, 0.2) is 0 Å². The molecule has 0 bridgehead atoms. The van der Waals surface area contributed by atoms with Gasteiger partial charge in [0.15, 0.2) is 0 Å². The number of unbranched alkanes of at least 4 members (excludes halogenated alkanes) is 1. The average Bonchev–Trinajstić information content (AvgIpc) is 2.11. The summed E-state index contributed by atoms with van der Waals surface area (Å²) in [5.41, 5.74) is 16.8. The van der Waals surface area contributed by atoms with Crippen molar-refractivity contribution in [1.82, 2.24) is 0 Å². The Kier molecular flexibility index (Phi) is 7.45. The largest absolute Gasteiger partial charge is 0.330 e. The van der Waals surface area contributed by atoms with E-state index in [0.29, 0.717) is 12.5 Å². The summed E-state index contributed by atoms with van der Waals surface area (Å²) >= 11 is 0. The molecule has 0 aliphatic rings. The normalized spacial score (nSPS) is 16.0. The first-order valence-electron chi connectivity index (χ1n) is 4.90. The Balaban J connectivity index is 3.51. The summed E-state index contributed by atoms with van der Waals surface area (Å²) in [6, 6.07) is 0.135. The lowest BCUT2D eigenvalue weighted by Crippen LogP contribution is -2.33. The van der Waals surface area contributed by atoms with Crippen molar-refractivity contribution in [3.05, 3.63) is 0 Å². The van der Waals surface area contributed by atoms with Gasteiger partial charge >= 0.3 is 0 Å². The van der Waals surface area contributed by atoms with Crippen LogP contribution >= 0.6 is 0 Å². The Morgan fingerprint density at radius 2 is 1.83 bits per heavy atom. The molecule has 0 saturated carbocycles. The molecule has 0 spiro atoms. The van der Waals surface area contributed by atoms with Crippen molar-refractivity contribution < 1.29 is 0 Å². The van der Waals surface area contributed by atoms with Crippen molar-refractivity contribution in [3.8, 4) is 0 Å². The minimum atomic E-state index is 0.135. The zero-order valence-corrected chi connectivity index (χ0v) is 8.13. The van der Waals surface area contributed by atoms with Gasteiger partial charge in [-0.3, -0.25) is 0 Å². The maximum absolute atomic E-state index is 5.74. The summed E-state index contributed by atoms with van der Waals surface area (Å²) in [6.07, 6.45) is 4.65. The first-order chi connectivity index (χ1) is 5.74. The molecule has 6 N–H and O–H groups in total. The molecule has 0 aromatic rings. The second kappa shape index (κ2) is 7.53. The van der Waals surface area contributed by atoms with Crippen LogP contribution in [-0.2, 0) is 0 Å². The Morgan fingerprint density at radius 3 is 2.25 bits per heavy atom. The van der Waals surface area contributed by atoms with Crippen molar-refractivity contribution in [1.29, 1.82) is 0 Å². The van der Waals surface area contributed by atoms with Gasteiger partial charge < -0.3 is 17.2 Å². The third kappa shape index (κ3) is 5.52. The maximum Gasteiger partial charge on any atom is 0.0166 e. The summed E-state index contributed by atoms with van der Waals surface area (Å²) in [5, 5.41) is 0. The predicted octanol–water partition coefficient (Wildman–Crippen LogP) is 0.428. The topological polar surface area (TPSA) is 78.1 Å². The number of hydrogen-bond acceptors (Lipinski definition) is 3. The molecule has 0 amide bonds. The predicted molar refractivity (Wildman–Crippen MR) is 53.7 cm³/mol. The van der Waals surface area contributed by atoms with E-state index in [1.165, 1.54) is 19.3 Å². The molecule has 3 heteroatoms. The van der Waals surface area contributed by atoms with Crippen LogP contribution in [0, 0.1) is 5.92 Å². The minimum absolute atomic E-state index is 0.135. The van der Waals surface area contributed by atoms with Crippen molar-refractivity contribution in [2.24, 2.45) is 23.1 Å². The van der Waals surface area contributed by atoms with Crippen molar-refractivity contribution >= 4 is 0 Å². The fourth-order valence-electron chi connectivity index (χ4n) is 1.35. The molecule has 0 aromatic heterocycles. The Hall–Kier alpha value is -0.120. The molecule has 0 aromatic carbocycles. The Labute approximate surface area is 75.7 Å². The van der Waals surface area contributed by atoms with E-state index in [1.807, 2.05) is 0 Å². The molecule has 0 aliphatic carbocycles. The standard InChI is InChI=1S/C9H23N3/c1-2-3-4-8(6-10)5-9(12)7-11/h8-9H,2-7,10-12H2,1H3. The zero-order valence-electron chi connectivity index (χ0n) is 8.13. The van der Waals surface area contributed by atoms with Crippen LogP contribution in [0.3, 0.4) is 0 Å². The van der Waals surface area contributed by atoms with E-state index in [2.05, 4.69) is 6.92 Å². The molecule has 0 aliphatic heterocycles. The number of rotatable bonds is 7. The molecule has 0 fully saturated rings. The smallest absolute Gasteiger partial charge is 0.0166 e. The number of hydrogen-bond donors (Lipinski definition) is 3. The molecular weight excluding hydrogens is 150 g/mol. The van der Waals surface area contributed by atoms with Crippen LogP contribution < -0.4 is 17.2 Å². The third-order valence-corrected chi connectivity index (χ3v) is 2.24. The van der Waals surface area contributed by atoms with Crippen molar-refractivity contribution in [2.75, 3.05) is 13.1 Å². The lowest BCUT2D eigenvalue weighted by Gasteiger charge is -2.17. The Morgan fingerprint density at radius 1 is 1.17 bits per heavy atom. The summed E-state index contributed by atoms with van der Waals surface area (Å²) in [4.78, 5) is 0. The van der Waals surface area contributed by atoms with E-state index in [1.54, 1.807) is 0 Å². The van der Waals surface area contributed by atoms with E-state index in [9.17, 15) is 0 Å². The molecule has 74 valence electrons. The van der Waals surface area contributed by atoms with Gasteiger partial charge in [-0.1, -0.05) is 19.8 Å². The summed E-state index contributed by atoms with van der Waals surface area (Å²) in [6.45, 7) is 3.51. The van der Waals surface area contributed by atoms with Crippen LogP contribution in [0.4, 0.5) is 0 Å². The lowest BCUT2D eigenvalue weighted by atomic mass is 9.95. The van der Waals surface area contributed by atoms with Crippen LogP contribution in [0.2, 0.25) is 0 Å². The van der Waals surface area contributed by atoms with E-state index < -0.39 is 0 Å². The SMILES string of the molecule is CCCCC(CN)CC(N)CN. The quantitative estimate of drug-likeness (QED) is 0.522. The monoisotopic (exact) mass is 173 g/mol. The van der Waals surface area contributed by atoms with Gasteiger partial charge in [0, 0.05) is 12.6 Å². The van der Waals surface area contributed by atoms with E-state index in [4.69, 9.17) is 17.2 Å². The molecule has 2 atom stereocenters. The first-order valence-corrected chi connectivity index (χ1v) is 4.90. The lowest BCUT2D eigenvalue weighted by molar-refractivity contribution is 0.405. The van der Waals surface area contributed by atoms with Gasteiger partial charge in [-0.25, -0.2) is 0 Å². The average molecular weight is 173 g/mol. The van der Waals surface area contributed by atoms with Gasteiger partial charge in [0.2, 0.25) is 0 Å². The zero-order chi connectivity index (χ0) is 9.40. The van der Waals surface area contributed by atoms with E-state index >= 15 is 0 Å². The van der Waals surface area contributed by atoms with Crippen molar-refractivity contribution in [3.63, 3.8) is 0 Å². The molecule has 12 heavy (non-hydrogen) atoms. The van der Waals surface area contributed by atoms with E-state index in [0.717, 1.165) is 13.0 Å². The van der Waals surface area contributed by atoms with Gasteiger partial charge in [-0.2, -0.15) is 0 Å². The fourth-order valence-corrected chi connectivity index (χ4v) is 1.35. The van der Waals surface area contributed by atoms with Gasteiger partial charge in [0.25, 0.3) is 0 Å². The van der Waals surface area contributed by atoms with Crippen LogP contribution in [0.1, 0.15) is 32.6 Å². The third-order valence-electron chi connectivity index (χ3n) is 2.24. The first kappa shape index (κ1) is 11.9. The second-order valence-electron chi connectivity index (χ2n) is 3.48.